The Morgan fingerprint density at radius 2 is 2.04 bits per heavy atom. The van der Waals surface area contributed by atoms with Gasteiger partial charge in [-0.05, 0) is 38.7 Å². The Morgan fingerprint density at radius 1 is 1.30 bits per heavy atom. The standard InChI is InChI=1S/C20H27N5O2/c1-15-21-8-9-25(15)18-6-4-16(5-7-18)13-22-20(27)17-12-19(26)24(14-17)11-10-23(2)3/h4-9,17H,10-14H2,1-3H3,(H,22,27)/t17-/m0/s1. The van der Waals surface area contributed by atoms with Gasteiger partial charge in [-0.3, -0.25) is 9.59 Å². The second kappa shape index (κ2) is 8.35. The fraction of sp³-hybridized carbons (Fsp3) is 0.450. The second-order valence-corrected chi connectivity index (χ2v) is 7.27. The molecule has 7 nitrogen and oxygen atoms in total. The van der Waals surface area contributed by atoms with Crippen LogP contribution in [-0.4, -0.2) is 64.9 Å². The number of likely N-dealkylation sites (tertiary alicyclic amines) is 1. The van der Waals surface area contributed by atoms with Crippen LogP contribution in [0.15, 0.2) is 36.7 Å². The number of likely N-dealkylation sites (N-methyl/N-ethyl adjacent to an activating group) is 1. The molecule has 0 bridgehead atoms. The molecule has 27 heavy (non-hydrogen) atoms. The van der Waals surface area contributed by atoms with Gasteiger partial charge < -0.3 is 19.7 Å². The average Bonchev–Trinajstić information content (AvgIpc) is 3.24. The number of benzene rings is 1. The molecular weight excluding hydrogens is 342 g/mol. The van der Waals surface area contributed by atoms with Gasteiger partial charge in [0.05, 0.1) is 5.92 Å². The van der Waals surface area contributed by atoms with Crippen LogP contribution in [0.2, 0.25) is 0 Å². The van der Waals surface area contributed by atoms with E-state index in [9.17, 15) is 9.59 Å². The Kier molecular flexibility index (Phi) is 5.91. The molecule has 2 aromatic rings. The van der Waals surface area contributed by atoms with E-state index in [0.717, 1.165) is 23.6 Å². The van der Waals surface area contributed by atoms with Crippen molar-refractivity contribution in [1.82, 2.24) is 24.7 Å². The zero-order valence-corrected chi connectivity index (χ0v) is 16.2. The summed E-state index contributed by atoms with van der Waals surface area (Å²) in [4.78, 5) is 32.6. The summed E-state index contributed by atoms with van der Waals surface area (Å²) in [6.07, 6.45) is 4.00. The number of carbonyl (C=O) groups is 2. The number of aryl methyl sites for hydroxylation is 1. The lowest BCUT2D eigenvalue weighted by molar-refractivity contribution is -0.129. The first-order valence-electron chi connectivity index (χ1n) is 9.23. The van der Waals surface area contributed by atoms with E-state index in [4.69, 9.17) is 0 Å². The van der Waals surface area contributed by atoms with Crippen molar-refractivity contribution in [2.24, 2.45) is 5.92 Å². The third-order valence-electron chi connectivity index (χ3n) is 4.91. The summed E-state index contributed by atoms with van der Waals surface area (Å²) in [7, 11) is 3.95. The highest BCUT2D eigenvalue weighted by atomic mass is 16.2. The molecule has 1 aromatic carbocycles. The molecule has 1 atom stereocenters. The van der Waals surface area contributed by atoms with Gasteiger partial charge in [0, 0.05) is 50.7 Å². The maximum atomic E-state index is 12.4. The minimum atomic E-state index is -0.257. The van der Waals surface area contributed by atoms with Gasteiger partial charge in [0.2, 0.25) is 11.8 Å². The Labute approximate surface area is 160 Å². The molecule has 3 rings (SSSR count). The number of imidazole rings is 1. The van der Waals surface area contributed by atoms with Gasteiger partial charge in [0.25, 0.3) is 0 Å². The predicted octanol–water partition coefficient (Wildman–Crippen LogP) is 1.21. The summed E-state index contributed by atoms with van der Waals surface area (Å²) < 4.78 is 2.01. The second-order valence-electron chi connectivity index (χ2n) is 7.27. The minimum Gasteiger partial charge on any atom is -0.352 e. The van der Waals surface area contributed by atoms with Crippen LogP contribution in [0.1, 0.15) is 17.8 Å². The smallest absolute Gasteiger partial charge is 0.225 e. The number of hydrogen-bond donors (Lipinski definition) is 1. The van der Waals surface area contributed by atoms with Gasteiger partial charge in [-0.1, -0.05) is 12.1 Å². The van der Waals surface area contributed by atoms with Crippen molar-refractivity contribution in [3.05, 3.63) is 48.0 Å². The average molecular weight is 369 g/mol. The summed E-state index contributed by atoms with van der Waals surface area (Å²) >= 11 is 0. The maximum Gasteiger partial charge on any atom is 0.225 e. The summed E-state index contributed by atoms with van der Waals surface area (Å²) in [6.45, 7) is 4.41. The monoisotopic (exact) mass is 369 g/mol. The van der Waals surface area contributed by atoms with Crippen LogP contribution in [0.5, 0.6) is 0 Å². The maximum absolute atomic E-state index is 12.4. The normalized spacial score (nSPS) is 17.0. The lowest BCUT2D eigenvalue weighted by Gasteiger charge is -2.19. The lowest BCUT2D eigenvalue weighted by Crippen LogP contribution is -2.35. The van der Waals surface area contributed by atoms with Crippen molar-refractivity contribution >= 4 is 11.8 Å². The molecule has 0 radical (unpaired) electrons. The fourth-order valence-electron chi connectivity index (χ4n) is 3.24. The molecule has 1 fully saturated rings. The van der Waals surface area contributed by atoms with Crippen molar-refractivity contribution < 1.29 is 9.59 Å². The van der Waals surface area contributed by atoms with Crippen molar-refractivity contribution in [3.8, 4) is 5.69 Å². The van der Waals surface area contributed by atoms with E-state index in [2.05, 4.69) is 10.3 Å². The van der Waals surface area contributed by atoms with Crippen LogP contribution in [-0.2, 0) is 16.1 Å². The van der Waals surface area contributed by atoms with Gasteiger partial charge in [0.15, 0.2) is 0 Å². The molecular formula is C20H27N5O2. The fourth-order valence-corrected chi connectivity index (χ4v) is 3.24. The number of aromatic nitrogens is 2. The number of nitrogens with zero attached hydrogens (tertiary/aromatic N) is 4. The van der Waals surface area contributed by atoms with Gasteiger partial charge in [-0.25, -0.2) is 4.98 Å². The Morgan fingerprint density at radius 3 is 2.67 bits per heavy atom. The van der Waals surface area contributed by atoms with E-state index in [0.29, 0.717) is 26.1 Å². The predicted molar refractivity (Wildman–Crippen MR) is 103 cm³/mol. The molecule has 1 aliphatic rings. The molecule has 1 aromatic heterocycles. The first-order valence-corrected chi connectivity index (χ1v) is 9.23. The largest absolute Gasteiger partial charge is 0.352 e. The van der Waals surface area contributed by atoms with E-state index in [-0.39, 0.29) is 17.7 Å². The molecule has 1 N–H and O–H groups in total. The Bertz CT molecular complexity index is 797. The molecule has 0 unspecified atom stereocenters. The van der Waals surface area contributed by atoms with Crippen molar-refractivity contribution in [2.75, 3.05) is 33.7 Å². The Hall–Kier alpha value is -2.67. The van der Waals surface area contributed by atoms with E-state index in [1.54, 1.807) is 11.1 Å². The molecule has 144 valence electrons. The van der Waals surface area contributed by atoms with Crippen molar-refractivity contribution in [2.45, 2.75) is 19.9 Å². The topological polar surface area (TPSA) is 70.5 Å². The molecule has 2 heterocycles. The Balaban J connectivity index is 1.51. The quantitative estimate of drug-likeness (QED) is 0.796. The molecule has 7 heteroatoms. The van der Waals surface area contributed by atoms with E-state index >= 15 is 0 Å². The third kappa shape index (κ3) is 4.74. The van der Waals surface area contributed by atoms with Gasteiger partial charge in [-0.15, -0.1) is 0 Å². The van der Waals surface area contributed by atoms with Gasteiger partial charge >= 0.3 is 0 Å². The van der Waals surface area contributed by atoms with Crippen molar-refractivity contribution in [1.29, 1.82) is 0 Å². The number of nitrogens with one attached hydrogen (secondary N) is 1. The van der Waals surface area contributed by atoms with Crippen LogP contribution < -0.4 is 5.32 Å². The van der Waals surface area contributed by atoms with Crippen LogP contribution in [0.4, 0.5) is 0 Å². The molecule has 1 saturated heterocycles. The highest BCUT2D eigenvalue weighted by Crippen LogP contribution is 2.18. The van der Waals surface area contributed by atoms with Crippen LogP contribution >= 0.6 is 0 Å². The molecule has 2 amide bonds. The zero-order valence-electron chi connectivity index (χ0n) is 16.2. The summed E-state index contributed by atoms with van der Waals surface area (Å²) in [5.74, 6) is 0.690. The molecule has 0 aliphatic carbocycles. The summed E-state index contributed by atoms with van der Waals surface area (Å²) in [5, 5.41) is 2.97. The number of hydrogen-bond acceptors (Lipinski definition) is 4. The van der Waals surface area contributed by atoms with Crippen molar-refractivity contribution in [3.63, 3.8) is 0 Å². The molecule has 0 spiro atoms. The van der Waals surface area contributed by atoms with Gasteiger partial charge in [0.1, 0.15) is 5.82 Å². The first kappa shape index (κ1) is 19.1. The van der Waals surface area contributed by atoms with Crippen LogP contribution in [0, 0.1) is 12.8 Å². The lowest BCUT2D eigenvalue weighted by atomic mass is 10.1. The third-order valence-corrected chi connectivity index (χ3v) is 4.91. The van der Waals surface area contributed by atoms with Crippen LogP contribution in [0.25, 0.3) is 5.69 Å². The summed E-state index contributed by atoms with van der Waals surface area (Å²) in [5.41, 5.74) is 2.07. The first-order chi connectivity index (χ1) is 12.9. The minimum absolute atomic E-state index is 0.0507. The molecule has 1 aliphatic heterocycles. The number of amides is 2. The van der Waals surface area contributed by atoms with Crippen LogP contribution in [0.3, 0.4) is 0 Å². The van der Waals surface area contributed by atoms with E-state index in [1.807, 2.05) is 60.9 Å². The van der Waals surface area contributed by atoms with Gasteiger partial charge in [-0.2, -0.15) is 0 Å². The highest BCUT2D eigenvalue weighted by Gasteiger charge is 2.33. The number of carbonyl (C=O) groups excluding carboxylic acids is 2. The van der Waals surface area contributed by atoms with E-state index < -0.39 is 0 Å². The SMILES string of the molecule is Cc1nccn1-c1ccc(CNC(=O)[C@H]2CC(=O)N(CCN(C)C)C2)cc1. The van der Waals surface area contributed by atoms with E-state index in [1.165, 1.54) is 0 Å². The zero-order chi connectivity index (χ0) is 19.4. The number of rotatable bonds is 7. The molecule has 0 saturated carbocycles. The summed E-state index contributed by atoms with van der Waals surface area (Å²) in [6, 6.07) is 8.02. The highest BCUT2D eigenvalue weighted by molar-refractivity contribution is 5.89.